The molecule has 0 fully saturated rings. The molecular weight excluding hydrogens is 184 g/mol. The van der Waals surface area contributed by atoms with Gasteiger partial charge in [-0.05, 0) is 37.3 Å². The molecule has 1 aromatic carbocycles. The van der Waals surface area contributed by atoms with Crippen molar-refractivity contribution in [3.05, 3.63) is 42.3 Å². The molecule has 0 heterocycles. The first-order valence-electron chi connectivity index (χ1n) is 5.43. The van der Waals surface area contributed by atoms with Crippen LogP contribution in [0.3, 0.4) is 0 Å². The molecular formula is C14H19O. The van der Waals surface area contributed by atoms with Crippen molar-refractivity contribution in [2.45, 2.75) is 33.1 Å². The van der Waals surface area contributed by atoms with Crippen molar-refractivity contribution in [3.63, 3.8) is 0 Å². The maximum atomic E-state index is 11.1. The van der Waals surface area contributed by atoms with Crippen LogP contribution in [0.15, 0.2) is 24.3 Å². The number of carbonyl (C=O) groups excluding carboxylic acids is 1. The van der Waals surface area contributed by atoms with Crippen LogP contribution in [-0.2, 0) is 11.2 Å². The highest BCUT2D eigenvalue weighted by molar-refractivity contribution is 5.84. The van der Waals surface area contributed by atoms with E-state index >= 15 is 0 Å². The van der Waals surface area contributed by atoms with Gasteiger partial charge in [0.15, 0.2) is 0 Å². The standard InChI is InChI=1S/C14H19O/c1-10(2)9-13-5-7-14(8-6-13)11(3)12(4)15/h5-8,10-11H,3,9H2,1-2,4H3/t11-/m1/s1. The van der Waals surface area contributed by atoms with Crippen LogP contribution in [0.25, 0.3) is 0 Å². The van der Waals surface area contributed by atoms with Gasteiger partial charge in [-0.1, -0.05) is 38.1 Å². The zero-order chi connectivity index (χ0) is 11.4. The summed E-state index contributed by atoms with van der Waals surface area (Å²) in [5.41, 5.74) is 2.33. The Morgan fingerprint density at radius 1 is 1.27 bits per heavy atom. The molecule has 0 amide bonds. The molecule has 0 aliphatic heterocycles. The topological polar surface area (TPSA) is 17.1 Å². The van der Waals surface area contributed by atoms with E-state index in [1.54, 1.807) is 6.92 Å². The molecule has 1 heteroatoms. The van der Waals surface area contributed by atoms with Gasteiger partial charge in [-0.25, -0.2) is 0 Å². The van der Waals surface area contributed by atoms with E-state index in [-0.39, 0.29) is 11.7 Å². The molecule has 1 atom stereocenters. The molecule has 1 rings (SSSR count). The number of hydrogen-bond acceptors (Lipinski definition) is 1. The summed E-state index contributed by atoms with van der Waals surface area (Å²) in [4.78, 5) is 11.1. The van der Waals surface area contributed by atoms with Gasteiger partial charge in [0.1, 0.15) is 5.78 Å². The number of ketones is 1. The summed E-state index contributed by atoms with van der Waals surface area (Å²) >= 11 is 0. The fraction of sp³-hybridized carbons (Fsp3) is 0.429. The minimum absolute atomic E-state index is 0.117. The zero-order valence-corrected chi connectivity index (χ0v) is 9.79. The van der Waals surface area contributed by atoms with Gasteiger partial charge in [-0.3, -0.25) is 4.79 Å². The number of rotatable bonds is 4. The minimum atomic E-state index is -0.224. The van der Waals surface area contributed by atoms with Crippen molar-refractivity contribution in [1.82, 2.24) is 0 Å². The molecule has 0 saturated heterocycles. The van der Waals surface area contributed by atoms with Crippen LogP contribution in [0, 0.1) is 12.8 Å². The summed E-state index contributed by atoms with van der Waals surface area (Å²) in [6.45, 7) is 9.84. The second-order valence-corrected chi connectivity index (χ2v) is 4.50. The smallest absolute Gasteiger partial charge is 0.137 e. The van der Waals surface area contributed by atoms with Crippen LogP contribution in [0.1, 0.15) is 37.8 Å². The Morgan fingerprint density at radius 2 is 1.80 bits per heavy atom. The normalized spacial score (nSPS) is 12.9. The fourth-order valence-electron chi connectivity index (χ4n) is 1.59. The van der Waals surface area contributed by atoms with Gasteiger partial charge < -0.3 is 0 Å². The van der Waals surface area contributed by atoms with Gasteiger partial charge >= 0.3 is 0 Å². The third-order valence-corrected chi connectivity index (χ3v) is 2.52. The predicted octanol–water partition coefficient (Wildman–Crippen LogP) is 3.39. The van der Waals surface area contributed by atoms with Crippen LogP contribution in [0.4, 0.5) is 0 Å². The average molecular weight is 203 g/mol. The van der Waals surface area contributed by atoms with Crippen LogP contribution < -0.4 is 0 Å². The van der Waals surface area contributed by atoms with Gasteiger partial charge in [0.25, 0.3) is 0 Å². The molecule has 0 N–H and O–H groups in total. The van der Waals surface area contributed by atoms with E-state index in [4.69, 9.17) is 0 Å². The third kappa shape index (κ3) is 3.50. The Kier molecular flexibility index (Phi) is 4.07. The highest BCUT2D eigenvalue weighted by Gasteiger charge is 2.10. The number of Topliss-reactive ketones (excluding diaryl/α,β-unsaturated/α-hetero) is 1. The maximum Gasteiger partial charge on any atom is 0.137 e. The Bertz CT molecular complexity index is 322. The van der Waals surface area contributed by atoms with Gasteiger partial charge in [0, 0.05) is 5.92 Å². The molecule has 81 valence electrons. The number of benzene rings is 1. The number of hydrogen-bond donors (Lipinski definition) is 0. The summed E-state index contributed by atoms with van der Waals surface area (Å²) in [6, 6.07) is 8.21. The van der Waals surface area contributed by atoms with Crippen molar-refractivity contribution >= 4 is 5.78 Å². The van der Waals surface area contributed by atoms with Gasteiger partial charge in [0.05, 0.1) is 0 Å². The summed E-state index contributed by atoms with van der Waals surface area (Å²) in [5.74, 6) is 0.559. The van der Waals surface area contributed by atoms with Gasteiger partial charge in [-0.15, -0.1) is 0 Å². The van der Waals surface area contributed by atoms with E-state index in [0.29, 0.717) is 5.92 Å². The molecule has 0 aliphatic carbocycles. The summed E-state index contributed by atoms with van der Waals surface area (Å²) in [6.07, 6.45) is 1.09. The van der Waals surface area contributed by atoms with E-state index in [2.05, 4.69) is 32.9 Å². The molecule has 1 nitrogen and oxygen atoms in total. The van der Waals surface area contributed by atoms with Crippen molar-refractivity contribution in [1.29, 1.82) is 0 Å². The van der Waals surface area contributed by atoms with Crippen molar-refractivity contribution in [2.24, 2.45) is 5.92 Å². The second-order valence-electron chi connectivity index (χ2n) is 4.50. The molecule has 0 unspecified atom stereocenters. The highest BCUT2D eigenvalue weighted by atomic mass is 16.1. The second kappa shape index (κ2) is 5.11. The lowest BCUT2D eigenvalue weighted by atomic mass is 9.95. The average Bonchev–Trinajstić information content (AvgIpc) is 2.17. The molecule has 0 aliphatic rings. The first kappa shape index (κ1) is 12.0. The molecule has 0 bridgehead atoms. The van der Waals surface area contributed by atoms with Crippen molar-refractivity contribution in [2.75, 3.05) is 0 Å². The Hall–Kier alpha value is -1.11. The summed E-state index contributed by atoms with van der Waals surface area (Å²) < 4.78 is 0. The summed E-state index contributed by atoms with van der Waals surface area (Å²) in [5, 5.41) is 0. The SMILES string of the molecule is [CH2][C@H](C(C)=O)c1ccc(CC(C)C)cc1. The first-order chi connectivity index (χ1) is 7.00. The largest absolute Gasteiger partial charge is 0.299 e. The minimum Gasteiger partial charge on any atom is -0.299 e. The van der Waals surface area contributed by atoms with Crippen LogP contribution >= 0.6 is 0 Å². The third-order valence-electron chi connectivity index (χ3n) is 2.52. The molecule has 0 saturated carbocycles. The first-order valence-corrected chi connectivity index (χ1v) is 5.43. The fourth-order valence-corrected chi connectivity index (χ4v) is 1.59. The molecule has 1 radical (unpaired) electrons. The Balaban J connectivity index is 2.76. The Morgan fingerprint density at radius 3 is 2.20 bits per heavy atom. The van der Waals surface area contributed by atoms with Crippen LogP contribution in [0.2, 0.25) is 0 Å². The van der Waals surface area contributed by atoms with Crippen molar-refractivity contribution in [3.8, 4) is 0 Å². The van der Waals surface area contributed by atoms with E-state index in [1.165, 1.54) is 5.56 Å². The summed E-state index contributed by atoms with van der Waals surface area (Å²) in [7, 11) is 0. The molecule has 1 aromatic rings. The maximum absolute atomic E-state index is 11.1. The van der Waals surface area contributed by atoms with Gasteiger partial charge in [0.2, 0.25) is 0 Å². The van der Waals surface area contributed by atoms with Crippen LogP contribution in [-0.4, -0.2) is 5.78 Å². The quantitative estimate of drug-likeness (QED) is 0.733. The highest BCUT2D eigenvalue weighted by Crippen LogP contribution is 2.17. The Labute approximate surface area is 92.5 Å². The van der Waals surface area contributed by atoms with Crippen molar-refractivity contribution < 1.29 is 4.79 Å². The molecule has 0 spiro atoms. The lowest BCUT2D eigenvalue weighted by molar-refractivity contribution is -0.117. The lowest BCUT2D eigenvalue weighted by Gasteiger charge is -2.09. The number of carbonyl (C=O) groups is 1. The molecule has 15 heavy (non-hydrogen) atoms. The lowest BCUT2D eigenvalue weighted by Crippen LogP contribution is -2.04. The van der Waals surface area contributed by atoms with Gasteiger partial charge in [-0.2, -0.15) is 0 Å². The van der Waals surface area contributed by atoms with E-state index in [0.717, 1.165) is 12.0 Å². The predicted molar refractivity (Wildman–Crippen MR) is 63.8 cm³/mol. The van der Waals surface area contributed by atoms with E-state index in [1.807, 2.05) is 12.1 Å². The van der Waals surface area contributed by atoms with E-state index < -0.39 is 0 Å². The zero-order valence-electron chi connectivity index (χ0n) is 9.79. The monoisotopic (exact) mass is 203 g/mol. The molecule has 0 aromatic heterocycles. The van der Waals surface area contributed by atoms with Crippen LogP contribution in [0.5, 0.6) is 0 Å². The van der Waals surface area contributed by atoms with E-state index in [9.17, 15) is 4.79 Å².